The molecule has 0 spiro atoms. The summed E-state index contributed by atoms with van der Waals surface area (Å²) in [6.45, 7) is 4.46. The van der Waals surface area contributed by atoms with Crippen LogP contribution in [0.3, 0.4) is 0 Å². The number of aliphatic hydroxyl groups excluding tert-OH is 1. The number of nitrogens with zero attached hydrogens (tertiary/aromatic N) is 1. The second-order valence-electron chi connectivity index (χ2n) is 7.96. The van der Waals surface area contributed by atoms with Crippen molar-refractivity contribution in [2.75, 3.05) is 27.4 Å². The largest absolute Gasteiger partial charge is 0.507 e. The van der Waals surface area contributed by atoms with Gasteiger partial charge in [-0.3, -0.25) is 9.59 Å². The van der Waals surface area contributed by atoms with Gasteiger partial charge in [-0.2, -0.15) is 0 Å². The number of hydrogen-bond acceptors (Lipinski definition) is 7. The van der Waals surface area contributed by atoms with Crippen LogP contribution >= 0.6 is 0 Å². The second kappa shape index (κ2) is 10.4. The average molecular weight is 456 g/mol. The van der Waals surface area contributed by atoms with E-state index in [0.29, 0.717) is 29.9 Å². The first-order valence-electron chi connectivity index (χ1n) is 10.7. The molecule has 0 aliphatic carbocycles. The van der Waals surface area contributed by atoms with Crippen molar-refractivity contribution in [2.24, 2.45) is 0 Å². The summed E-state index contributed by atoms with van der Waals surface area (Å²) in [6, 6.07) is 10.4. The van der Waals surface area contributed by atoms with E-state index in [9.17, 15) is 19.8 Å². The van der Waals surface area contributed by atoms with Crippen LogP contribution in [0.5, 0.6) is 17.2 Å². The van der Waals surface area contributed by atoms with E-state index in [-0.39, 0.29) is 35.5 Å². The number of ether oxygens (including phenoxy) is 3. The number of aromatic hydroxyl groups is 1. The number of carbonyl (C=O) groups is 2. The second-order valence-corrected chi connectivity index (χ2v) is 7.96. The number of likely N-dealkylation sites (tertiary alicyclic amines) is 1. The monoisotopic (exact) mass is 455 g/mol. The predicted molar refractivity (Wildman–Crippen MR) is 122 cm³/mol. The lowest BCUT2D eigenvalue weighted by Crippen LogP contribution is -2.31. The van der Waals surface area contributed by atoms with Crippen molar-refractivity contribution >= 4 is 17.4 Å². The van der Waals surface area contributed by atoms with Crippen molar-refractivity contribution in [2.45, 2.75) is 32.4 Å². The van der Waals surface area contributed by atoms with Gasteiger partial charge in [0.15, 0.2) is 11.5 Å². The number of Topliss-reactive ketones (excluding diaryl/α,β-unsaturated/α-hetero) is 1. The third-order valence-corrected chi connectivity index (χ3v) is 5.31. The summed E-state index contributed by atoms with van der Waals surface area (Å²) >= 11 is 0. The highest BCUT2D eigenvalue weighted by Crippen LogP contribution is 2.41. The highest BCUT2D eigenvalue weighted by atomic mass is 16.5. The highest BCUT2D eigenvalue weighted by Gasteiger charge is 2.46. The Morgan fingerprint density at radius 3 is 2.36 bits per heavy atom. The molecule has 1 aliphatic rings. The summed E-state index contributed by atoms with van der Waals surface area (Å²) in [5.41, 5.74) is 0.814. The molecule has 8 heteroatoms. The average Bonchev–Trinajstić information content (AvgIpc) is 3.04. The number of phenols is 1. The first-order valence-corrected chi connectivity index (χ1v) is 10.7. The third-order valence-electron chi connectivity index (χ3n) is 5.31. The fraction of sp³-hybridized carbons (Fsp3) is 0.360. The van der Waals surface area contributed by atoms with Crippen molar-refractivity contribution < 1.29 is 34.0 Å². The van der Waals surface area contributed by atoms with Gasteiger partial charge in [-0.25, -0.2) is 0 Å². The van der Waals surface area contributed by atoms with Crippen molar-refractivity contribution in [3.63, 3.8) is 0 Å². The molecule has 2 aromatic rings. The van der Waals surface area contributed by atoms with Crippen molar-refractivity contribution in [1.29, 1.82) is 0 Å². The van der Waals surface area contributed by atoms with Crippen LogP contribution in [0.15, 0.2) is 48.0 Å². The van der Waals surface area contributed by atoms with Gasteiger partial charge in [-0.1, -0.05) is 6.07 Å². The molecule has 1 unspecified atom stereocenters. The zero-order valence-electron chi connectivity index (χ0n) is 19.2. The maximum Gasteiger partial charge on any atom is 0.295 e. The Labute approximate surface area is 193 Å². The van der Waals surface area contributed by atoms with E-state index in [1.165, 1.54) is 18.1 Å². The minimum Gasteiger partial charge on any atom is -0.507 e. The van der Waals surface area contributed by atoms with Gasteiger partial charge in [-0.15, -0.1) is 0 Å². The number of rotatable bonds is 9. The van der Waals surface area contributed by atoms with E-state index in [1.54, 1.807) is 43.5 Å². The number of phenolic OH excluding ortho intramolecular Hbond substituents is 1. The predicted octanol–water partition coefficient (Wildman–Crippen LogP) is 3.65. The van der Waals surface area contributed by atoms with Gasteiger partial charge in [0.25, 0.3) is 11.7 Å². The van der Waals surface area contributed by atoms with Crippen molar-refractivity contribution in [3.05, 3.63) is 59.2 Å². The summed E-state index contributed by atoms with van der Waals surface area (Å²) in [7, 11) is 2.98. The minimum absolute atomic E-state index is 0.00961. The van der Waals surface area contributed by atoms with Gasteiger partial charge in [-0.05, 0) is 62.2 Å². The van der Waals surface area contributed by atoms with Crippen LogP contribution in [0.2, 0.25) is 0 Å². The third kappa shape index (κ3) is 5.12. The summed E-state index contributed by atoms with van der Waals surface area (Å²) in [5.74, 6) is -1.04. The molecule has 1 saturated heterocycles. The number of benzene rings is 2. The Morgan fingerprint density at radius 1 is 1.09 bits per heavy atom. The molecule has 3 rings (SSSR count). The molecule has 0 radical (unpaired) electrons. The summed E-state index contributed by atoms with van der Waals surface area (Å²) in [5, 5.41) is 21.4. The van der Waals surface area contributed by atoms with Crippen molar-refractivity contribution in [1.82, 2.24) is 4.90 Å². The smallest absolute Gasteiger partial charge is 0.295 e. The molecule has 1 amide bonds. The van der Waals surface area contributed by atoms with E-state index in [0.717, 1.165) is 0 Å². The molecular formula is C25H29NO7. The van der Waals surface area contributed by atoms with Gasteiger partial charge in [0, 0.05) is 25.8 Å². The molecule has 2 N–H and O–H groups in total. The molecule has 8 nitrogen and oxygen atoms in total. The van der Waals surface area contributed by atoms with E-state index < -0.39 is 17.7 Å². The lowest BCUT2D eigenvalue weighted by atomic mass is 9.95. The number of carbonyl (C=O) groups excluding carboxylic acids is 2. The summed E-state index contributed by atoms with van der Waals surface area (Å²) in [6.07, 6.45) is 0.494. The molecule has 1 heterocycles. The number of methoxy groups -OCH3 is 2. The standard InChI is InChI=1S/C25H29NO7/c1-15(2)33-18-9-6-16(7-10-18)23(28)21-22(17-8-11-20(32-4)19(27)14-17)26(12-5-13-31-3)25(30)24(21)29/h6-11,14-15,22,27-28H,5,12-13H2,1-4H3/b23-21-. The van der Waals surface area contributed by atoms with Gasteiger partial charge >= 0.3 is 0 Å². The Hall–Kier alpha value is -3.52. The lowest BCUT2D eigenvalue weighted by molar-refractivity contribution is -0.140. The normalized spacial score (nSPS) is 17.6. The van der Waals surface area contributed by atoms with Gasteiger partial charge in [0.05, 0.1) is 24.8 Å². The van der Waals surface area contributed by atoms with Crippen molar-refractivity contribution in [3.8, 4) is 17.2 Å². The topological polar surface area (TPSA) is 106 Å². The first kappa shape index (κ1) is 24.1. The van der Waals surface area contributed by atoms with Crippen LogP contribution in [0.1, 0.15) is 37.4 Å². The maximum atomic E-state index is 13.0. The lowest BCUT2D eigenvalue weighted by Gasteiger charge is -2.25. The fourth-order valence-corrected chi connectivity index (χ4v) is 3.83. The Kier molecular flexibility index (Phi) is 7.60. The molecule has 0 bridgehead atoms. The SMILES string of the molecule is COCCCN1C(=O)C(=O)/C(=C(\O)c2ccc(OC(C)C)cc2)C1c1ccc(OC)c(O)c1. The minimum atomic E-state index is -0.870. The maximum absolute atomic E-state index is 13.0. The van der Waals surface area contributed by atoms with Crippen LogP contribution < -0.4 is 9.47 Å². The zero-order valence-corrected chi connectivity index (χ0v) is 19.2. The fourth-order valence-electron chi connectivity index (χ4n) is 3.83. The van der Waals surface area contributed by atoms with E-state index in [1.807, 2.05) is 13.8 Å². The van der Waals surface area contributed by atoms with E-state index in [4.69, 9.17) is 14.2 Å². The Morgan fingerprint density at radius 2 is 1.79 bits per heavy atom. The quantitative estimate of drug-likeness (QED) is 0.257. The molecule has 0 aromatic heterocycles. The number of amides is 1. The number of hydrogen-bond donors (Lipinski definition) is 2. The van der Waals surface area contributed by atoms with E-state index >= 15 is 0 Å². The molecule has 33 heavy (non-hydrogen) atoms. The van der Waals surface area contributed by atoms with Crippen LogP contribution in [0, 0.1) is 0 Å². The molecule has 0 saturated carbocycles. The summed E-state index contributed by atoms with van der Waals surface area (Å²) < 4.78 is 15.8. The van der Waals surface area contributed by atoms with Crippen LogP contribution in [-0.2, 0) is 14.3 Å². The van der Waals surface area contributed by atoms with Crippen LogP contribution in [0.4, 0.5) is 0 Å². The number of aliphatic hydroxyl groups is 1. The molecule has 1 aliphatic heterocycles. The van der Waals surface area contributed by atoms with E-state index in [2.05, 4.69) is 0 Å². The van der Waals surface area contributed by atoms with Gasteiger partial charge in [0.2, 0.25) is 0 Å². The van der Waals surface area contributed by atoms with Gasteiger partial charge in [0.1, 0.15) is 11.5 Å². The first-order chi connectivity index (χ1) is 15.8. The number of ketones is 1. The Bertz CT molecular complexity index is 1040. The van der Waals surface area contributed by atoms with Crippen LogP contribution in [0.25, 0.3) is 5.76 Å². The molecule has 2 aromatic carbocycles. The van der Waals surface area contributed by atoms with Gasteiger partial charge < -0.3 is 29.3 Å². The molecule has 1 fully saturated rings. The molecule has 176 valence electrons. The highest BCUT2D eigenvalue weighted by molar-refractivity contribution is 6.46. The summed E-state index contributed by atoms with van der Waals surface area (Å²) in [4.78, 5) is 27.3. The molecule has 1 atom stereocenters. The Balaban J connectivity index is 2.08. The van der Waals surface area contributed by atoms with Crippen LogP contribution in [-0.4, -0.2) is 60.3 Å². The molecular weight excluding hydrogens is 426 g/mol. The zero-order chi connectivity index (χ0) is 24.1.